The minimum atomic E-state index is -4.66. The van der Waals surface area contributed by atoms with Crippen LogP contribution in [0.1, 0.15) is 53.0 Å². The van der Waals surface area contributed by atoms with E-state index in [1.54, 1.807) is 29.9 Å². The van der Waals surface area contributed by atoms with E-state index >= 15 is 0 Å². The standard InChI is InChI=1S/C25H25F3N4O4/c1-15(33)17-5-8-21(19(11-17)25(26,27)28)36-18-6-3-16(4-7-18)12-29-23(35)24(9-10-24)31-22(34)20-13-32(2)14-30-20/h3-8,11,13-15,33H,9-10,12H2,1-2H3,(H,29,35)(H,31,34). The van der Waals surface area contributed by atoms with Gasteiger partial charge in [-0.05, 0) is 55.2 Å². The number of aliphatic hydroxyl groups excluding tert-OH is 1. The summed E-state index contributed by atoms with van der Waals surface area (Å²) < 4.78 is 47.5. The molecule has 2 aromatic carbocycles. The third kappa shape index (κ3) is 5.68. The van der Waals surface area contributed by atoms with Crippen LogP contribution in [0.3, 0.4) is 0 Å². The lowest BCUT2D eigenvalue weighted by atomic mass is 10.1. The van der Waals surface area contributed by atoms with E-state index in [-0.39, 0.29) is 35.2 Å². The van der Waals surface area contributed by atoms with Gasteiger partial charge in [0.25, 0.3) is 5.91 Å². The van der Waals surface area contributed by atoms with Gasteiger partial charge >= 0.3 is 6.18 Å². The summed E-state index contributed by atoms with van der Waals surface area (Å²) in [4.78, 5) is 29.0. The highest BCUT2D eigenvalue weighted by Gasteiger charge is 2.51. The first-order valence-electron chi connectivity index (χ1n) is 11.2. The van der Waals surface area contributed by atoms with Crippen molar-refractivity contribution in [2.75, 3.05) is 0 Å². The highest BCUT2D eigenvalue weighted by molar-refractivity contribution is 5.99. The van der Waals surface area contributed by atoms with E-state index in [9.17, 15) is 27.9 Å². The van der Waals surface area contributed by atoms with Gasteiger partial charge in [0, 0.05) is 19.8 Å². The molecule has 0 aliphatic heterocycles. The van der Waals surface area contributed by atoms with Crippen molar-refractivity contribution in [1.82, 2.24) is 20.2 Å². The molecule has 1 heterocycles. The van der Waals surface area contributed by atoms with Gasteiger partial charge in [0.05, 0.1) is 18.0 Å². The van der Waals surface area contributed by atoms with E-state index in [4.69, 9.17) is 4.74 Å². The van der Waals surface area contributed by atoms with Gasteiger partial charge in [0.15, 0.2) is 0 Å². The Kier molecular flexibility index (Phi) is 6.77. The molecule has 1 atom stereocenters. The molecule has 2 amide bonds. The second kappa shape index (κ2) is 9.65. The van der Waals surface area contributed by atoms with Crippen molar-refractivity contribution < 1.29 is 32.6 Å². The molecule has 1 aromatic heterocycles. The monoisotopic (exact) mass is 502 g/mol. The molecule has 0 bridgehead atoms. The number of alkyl halides is 3. The minimum Gasteiger partial charge on any atom is -0.457 e. The molecular weight excluding hydrogens is 477 g/mol. The van der Waals surface area contributed by atoms with Crippen LogP contribution in [-0.4, -0.2) is 32.0 Å². The zero-order valence-electron chi connectivity index (χ0n) is 19.6. The van der Waals surface area contributed by atoms with Crippen molar-refractivity contribution in [2.45, 2.75) is 44.1 Å². The van der Waals surface area contributed by atoms with Gasteiger partial charge in [-0.15, -0.1) is 0 Å². The molecule has 1 aliphatic carbocycles. The van der Waals surface area contributed by atoms with Crippen molar-refractivity contribution >= 4 is 11.8 Å². The van der Waals surface area contributed by atoms with Crippen molar-refractivity contribution in [2.24, 2.45) is 7.05 Å². The van der Waals surface area contributed by atoms with E-state index < -0.39 is 29.3 Å². The zero-order valence-corrected chi connectivity index (χ0v) is 19.6. The number of nitrogens with one attached hydrogen (secondary N) is 2. The van der Waals surface area contributed by atoms with Crippen LogP contribution in [0.2, 0.25) is 0 Å². The molecule has 0 spiro atoms. The Bertz CT molecular complexity index is 1270. The first-order valence-corrected chi connectivity index (χ1v) is 11.2. The third-order valence-corrected chi connectivity index (χ3v) is 5.87. The number of carbonyl (C=O) groups excluding carboxylic acids is 2. The summed E-state index contributed by atoms with van der Waals surface area (Å²) in [5, 5.41) is 15.1. The minimum absolute atomic E-state index is 0.130. The maximum Gasteiger partial charge on any atom is 0.419 e. The predicted molar refractivity (Wildman–Crippen MR) is 123 cm³/mol. The molecule has 3 aromatic rings. The number of ether oxygens (including phenoxy) is 1. The fourth-order valence-electron chi connectivity index (χ4n) is 3.62. The van der Waals surface area contributed by atoms with Crippen molar-refractivity contribution in [3.05, 3.63) is 77.4 Å². The Balaban J connectivity index is 1.36. The van der Waals surface area contributed by atoms with Gasteiger partial charge in [0.2, 0.25) is 5.91 Å². The Labute approximate surface area is 205 Å². The Hall–Kier alpha value is -3.86. The number of aryl methyl sites for hydroxylation is 1. The number of carbonyl (C=O) groups is 2. The summed E-state index contributed by atoms with van der Waals surface area (Å²) in [5.74, 6) is -0.946. The first kappa shape index (κ1) is 25.2. The van der Waals surface area contributed by atoms with Gasteiger partial charge in [-0.2, -0.15) is 13.2 Å². The molecule has 8 nitrogen and oxygen atoms in total. The summed E-state index contributed by atoms with van der Waals surface area (Å²) in [7, 11) is 1.74. The van der Waals surface area contributed by atoms with Crippen LogP contribution < -0.4 is 15.4 Å². The topological polar surface area (TPSA) is 105 Å². The van der Waals surface area contributed by atoms with Crippen LogP contribution in [0.4, 0.5) is 13.2 Å². The second-order valence-electron chi connectivity index (χ2n) is 8.82. The van der Waals surface area contributed by atoms with E-state index in [2.05, 4.69) is 15.6 Å². The number of hydrogen-bond acceptors (Lipinski definition) is 5. The summed E-state index contributed by atoms with van der Waals surface area (Å²) >= 11 is 0. The normalized spacial score (nSPS) is 15.2. The smallest absolute Gasteiger partial charge is 0.419 e. The quantitative estimate of drug-likeness (QED) is 0.434. The molecule has 190 valence electrons. The number of rotatable bonds is 8. The van der Waals surface area contributed by atoms with Crippen LogP contribution in [0.15, 0.2) is 55.0 Å². The van der Waals surface area contributed by atoms with Gasteiger partial charge in [-0.3, -0.25) is 9.59 Å². The highest BCUT2D eigenvalue weighted by Crippen LogP contribution is 2.40. The molecule has 1 saturated carbocycles. The lowest BCUT2D eigenvalue weighted by molar-refractivity contribution is -0.138. The van der Waals surface area contributed by atoms with Gasteiger partial charge in [-0.1, -0.05) is 18.2 Å². The molecule has 1 fully saturated rings. The van der Waals surface area contributed by atoms with Gasteiger partial charge < -0.3 is 25.0 Å². The summed E-state index contributed by atoms with van der Waals surface area (Å²) in [6, 6.07) is 9.66. The van der Waals surface area contributed by atoms with Crippen molar-refractivity contribution in [3.63, 3.8) is 0 Å². The summed E-state index contributed by atoms with van der Waals surface area (Å²) in [6.45, 7) is 1.55. The summed E-state index contributed by atoms with van der Waals surface area (Å²) in [5.41, 5.74) is -0.904. The van der Waals surface area contributed by atoms with E-state index in [1.165, 1.54) is 37.5 Å². The summed E-state index contributed by atoms with van der Waals surface area (Å²) in [6.07, 6.45) is -1.62. The van der Waals surface area contributed by atoms with Crippen LogP contribution in [0.25, 0.3) is 0 Å². The first-order chi connectivity index (χ1) is 17.0. The van der Waals surface area contributed by atoms with E-state index in [0.29, 0.717) is 18.4 Å². The average molecular weight is 502 g/mol. The van der Waals surface area contributed by atoms with Crippen LogP contribution in [0.5, 0.6) is 11.5 Å². The van der Waals surface area contributed by atoms with Crippen LogP contribution in [0, 0.1) is 0 Å². The Morgan fingerprint density at radius 3 is 2.44 bits per heavy atom. The Morgan fingerprint density at radius 1 is 1.19 bits per heavy atom. The molecular formula is C25H25F3N4O4. The molecule has 1 aliphatic rings. The number of benzene rings is 2. The number of hydrogen-bond donors (Lipinski definition) is 3. The zero-order chi connectivity index (χ0) is 26.1. The second-order valence-corrected chi connectivity index (χ2v) is 8.82. The number of aliphatic hydroxyl groups is 1. The fourth-order valence-corrected chi connectivity index (χ4v) is 3.62. The van der Waals surface area contributed by atoms with E-state index in [0.717, 1.165) is 6.07 Å². The van der Waals surface area contributed by atoms with Crippen molar-refractivity contribution in [1.29, 1.82) is 0 Å². The van der Waals surface area contributed by atoms with Crippen LogP contribution in [-0.2, 0) is 24.6 Å². The molecule has 36 heavy (non-hydrogen) atoms. The number of nitrogens with zero attached hydrogens (tertiary/aromatic N) is 2. The van der Waals surface area contributed by atoms with Crippen LogP contribution >= 0.6 is 0 Å². The van der Waals surface area contributed by atoms with E-state index in [1.807, 2.05) is 0 Å². The van der Waals surface area contributed by atoms with Crippen molar-refractivity contribution in [3.8, 4) is 11.5 Å². The third-order valence-electron chi connectivity index (χ3n) is 5.87. The lowest BCUT2D eigenvalue weighted by Gasteiger charge is -2.17. The average Bonchev–Trinajstić information content (AvgIpc) is 3.48. The molecule has 4 rings (SSSR count). The number of halogens is 3. The highest BCUT2D eigenvalue weighted by atomic mass is 19.4. The van der Waals surface area contributed by atoms with Gasteiger partial charge in [0.1, 0.15) is 22.7 Å². The van der Waals surface area contributed by atoms with Gasteiger partial charge in [-0.25, -0.2) is 4.98 Å². The molecule has 1 unspecified atom stereocenters. The number of aromatic nitrogens is 2. The fraction of sp³-hybridized carbons (Fsp3) is 0.320. The maximum absolute atomic E-state index is 13.5. The number of imidazole rings is 1. The Morgan fingerprint density at radius 2 is 1.89 bits per heavy atom. The lowest BCUT2D eigenvalue weighted by Crippen LogP contribution is -2.48. The largest absolute Gasteiger partial charge is 0.457 e. The molecule has 0 saturated heterocycles. The molecule has 11 heteroatoms. The molecule has 0 radical (unpaired) electrons. The maximum atomic E-state index is 13.5. The number of amides is 2. The SMILES string of the molecule is CC(O)c1ccc(Oc2ccc(CNC(=O)C3(NC(=O)c4cn(C)cn4)CC3)cc2)c(C(F)(F)F)c1. The predicted octanol–water partition coefficient (Wildman–Crippen LogP) is 3.86. The molecule has 3 N–H and O–H groups in total.